The first kappa shape index (κ1) is 21.9. The molecule has 7 nitrogen and oxygen atoms in total. The number of hydrogen-bond acceptors (Lipinski definition) is 4. The van der Waals surface area contributed by atoms with Gasteiger partial charge in [-0.05, 0) is 49.1 Å². The summed E-state index contributed by atoms with van der Waals surface area (Å²) in [7, 11) is 3.65. The molecule has 4 rings (SSSR count). The molecule has 0 saturated carbocycles. The largest absolute Gasteiger partial charge is 0.371 e. The molecule has 2 amide bonds. The Morgan fingerprint density at radius 1 is 1.09 bits per heavy atom. The van der Waals surface area contributed by atoms with Crippen molar-refractivity contribution in [1.82, 2.24) is 14.3 Å². The van der Waals surface area contributed by atoms with Gasteiger partial charge in [-0.25, -0.2) is 4.98 Å². The molecule has 1 aromatic carbocycles. The molecule has 0 radical (unpaired) electrons. The zero-order valence-electron chi connectivity index (χ0n) is 19.0. The fourth-order valence-corrected chi connectivity index (χ4v) is 4.63. The van der Waals surface area contributed by atoms with E-state index in [2.05, 4.69) is 34.1 Å². The fourth-order valence-electron chi connectivity index (χ4n) is 4.63. The van der Waals surface area contributed by atoms with Gasteiger partial charge in [-0.15, -0.1) is 0 Å². The smallest absolute Gasteiger partial charge is 0.267 e. The summed E-state index contributed by atoms with van der Waals surface area (Å²) in [6, 6.07) is 14.4. The first-order chi connectivity index (χ1) is 15.4. The summed E-state index contributed by atoms with van der Waals surface area (Å²) in [6.07, 6.45) is 3.11. The minimum absolute atomic E-state index is 0.128. The number of aromatic nitrogens is 2. The molecule has 0 bridgehead atoms. The molecule has 1 fully saturated rings. The number of nitrogens with two attached hydrogens (primary N) is 1. The van der Waals surface area contributed by atoms with Crippen molar-refractivity contribution in [3.8, 4) is 0 Å². The standard InChI is InChI=1S/C25H31N5O2/c1-4-21-23(24(26)31)30-20(6-5-7-22(30)27-21)16-17-8-10-19(11-9-17)29-14-12-18(13-15-29)25(32)28(2)3/h5-11,18H,4,12-16H2,1-3H3,(H2,26,31). The highest BCUT2D eigenvalue weighted by atomic mass is 16.2. The predicted molar refractivity (Wildman–Crippen MR) is 126 cm³/mol. The first-order valence-corrected chi connectivity index (χ1v) is 11.2. The van der Waals surface area contributed by atoms with E-state index in [1.54, 1.807) is 4.90 Å². The molecule has 1 aliphatic rings. The highest BCUT2D eigenvalue weighted by Gasteiger charge is 2.26. The summed E-state index contributed by atoms with van der Waals surface area (Å²) in [5, 5.41) is 0. The molecule has 0 spiro atoms. The molecule has 7 heteroatoms. The van der Waals surface area contributed by atoms with Crippen molar-refractivity contribution in [2.24, 2.45) is 11.7 Å². The fraction of sp³-hybridized carbons (Fsp3) is 0.400. The normalized spacial score (nSPS) is 14.7. The third kappa shape index (κ3) is 4.20. The third-order valence-corrected chi connectivity index (χ3v) is 6.34. The number of benzene rings is 1. The Labute approximate surface area is 188 Å². The van der Waals surface area contributed by atoms with Crippen LogP contribution in [0.4, 0.5) is 5.69 Å². The number of primary amides is 1. The summed E-state index contributed by atoms with van der Waals surface area (Å²) >= 11 is 0. The van der Waals surface area contributed by atoms with Gasteiger partial charge in [0.2, 0.25) is 5.91 Å². The highest BCUT2D eigenvalue weighted by Crippen LogP contribution is 2.25. The van der Waals surface area contributed by atoms with Crippen LogP contribution in [0, 0.1) is 5.92 Å². The Bertz CT molecular complexity index is 1130. The monoisotopic (exact) mass is 433 g/mol. The van der Waals surface area contributed by atoms with Gasteiger partial charge in [0.15, 0.2) is 0 Å². The molecule has 3 heterocycles. The maximum Gasteiger partial charge on any atom is 0.267 e. The second-order valence-corrected chi connectivity index (χ2v) is 8.67. The van der Waals surface area contributed by atoms with Gasteiger partial charge in [-0.1, -0.05) is 25.1 Å². The topological polar surface area (TPSA) is 83.9 Å². The van der Waals surface area contributed by atoms with Crippen molar-refractivity contribution < 1.29 is 9.59 Å². The number of pyridine rings is 1. The number of imidazole rings is 1. The average Bonchev–Trinajstić information content (AvgIpc) is 3.19. The molecular formula is C25H31N5O2. The van der Waals surface area contributed by atoms with Crippen molar-refractivity contribution in [2.45, 2.75) is 32.6 Å². The van der Waals surface area contributed by atoms with Crippen molar-refractivity contribution in [3.63, 3.8) is 0 Å². The van der Waals surface area contributed by atoms with Gasteiger partial charge >= 0.3 is 0 Å². The van der Waals surface area contributed by atoms with E-state index in [-0.39, 0.29) is 11.8 Å². The number of amides is 2. The van der Waals surface area contributed by atoms with Crippen LogP contribution in [0.1, 0.15) is 47.2 Å². The second-order valence-electron chi connectivity index (χ2n) is 8.67. The predicted octanol–water partition coefficient (Wildman–Crippen LogP) is 2.89. The lowest BCUT2D eigenvalue weighted by Gasteiger charge is -2.34. The molecule has 32 heavy (non-hydrogen) atoms. The zero-order valence-corrected chi connectivity index (χ0v) is 19.0. The second kappa shape index (κ2) is 9.02. The van der Waals surface area contributed by atoms with Crippen LogP contribution in [-0.2, 0) is 17.6 Å². The van der Waals surface area contributed by atoms with Crippen LogP contribution in [-0.4, -0.2) is 53.3 Å². The molecule has 0 unspecified atom stereocenters. The van der Waals surface area contributed by atoms with E-state index >= 15 is 0 Å². The average molecular weight is 434 g/mol. The van der Waals surface area contributed by atoms with Crippen LogP contribution in [0.25, 0.3) is 5.65 Å². The number of anilines is 1. The molecule has 1 saturated heterocycles. The van der Waals surface area contributed by atoms with Gasteiger partial charge in [0, 0.05) is 50.9 Å². The zero-order chi connectivity index (χ0) is 22.8. The van der Waals surface area contributed by atoms with Crippen molar-refractivity contribution >= 4 is 23.1 Å². The number of aryl methyl sites for hydroxylation is 1. The van der Waals surface area contributed by atoms with Crippen molar-refractivity contribution in [1.29, 1.82) is 0 Å². The number of piperidine rings is 1. The van der Waals surface area contributed by atoms with Crippen LogP contribution in [0.3, 0.4) is 0 Å². The van der Waals surface area contributed by atoms with E-state index in [0.717, 1.165) is 48.5 Å². The molecule has 2 N–H and O–H groups in total. The maximum absolute atomic E-state index is 12.2. The number of carbonyl (C=O) groups excluding carboxylic acids is 2. The van der Waals surface area contributed by atoms with Crippen LogP contribution < -0.4 is 10.6 Å². The van der Waals surface area contributed by atoms with E-state index in [1.165, 1.54) is 5.69 Å². The Morgan fingerprint density at radius 2 is 1.78 bits per heavy atom. The minimum Gasteiger partial charge on any atom is -0.371 e. The minimum atomic E-state index is -0.451. The Balaban J connectivity index is 1.50. The van der Waals surface area contributed by atoms with Crippen LogP contribution >= 0.6 is 0 Å². The van der Waals surface area contributed by atoms with Gasteiger partial charge in [0.05, 0.1) is 5.69 Å². The van der Waals surface area contributed by atoms with Gasteiger partial charge in [0.25, 0.3) is 5.91 Å². The Hall–Kier alpha value is -3.35. The van der Waals surface area contributed by atoms with Gasteiger partial charge < -0.3 is 15.5 Å². The molecule has 168 valence electrons. The number of nitrogens with zero attached hydrogens (tertiary/aromatic N) is 4. The van der Waals surface area contributed by atoms with E-state index < -0.39 is 5.91 Å². The van der Waals surface area contributed by atoms with Crippen molar-refractivity contribution in [2.75, 3.05) is 32.1 Å². The number of rotatable bonds is 6. The van der Waals surface area contributed by atoms with E-state index in [0.29, 0.717) is 18.5 Å². The molecule has 3 aromatic rings. The number of hydrogen-bond donors (Lipinski definition) is 1. The summed E-state index contributed by atoms with van der Waals surface area (Å²) in [6.45, 7) is 3.76. The summed E-state index contributed by atoms with van der Waals surface area (Å²) < 4.78 is 1.89. The van der Waals surface area contributed by atoms with Crippen LogP contribution in [0.15, 0.2) is 42.5 Å². The molecule has 2 aromatic heterocycles. The van der Waals surface area contributed by atoms with Gasteiger partial charge in [-0.3, -0.25) is 14.0 Å². The van der Waals surface area contributed by atoms with Gasteiger partial charge in [0.1, 0.15) is 11.3 Å². The summed E-state index contributed by atoms with van der Waals surface area (Å²) in [5.41, 5.74) is 11.0. The number of fused-ring (bicyclic) bond motifs is 1. The Morgan fingerprint density at radius 3 is 2.38 bits per heavy atom. The number of carbonyl (C=O) groups is 2. The summed E-state index contributed by atoms with van der Waals surface area (Å²) in [5.74, 6) is -0.0906. The highest BCUT2D eigenvalue weighted by molar-refractivity contribution is 5.93. The van der Waals surface area contributed by atoms with Crippen LogP contribution in [0.2, 0.25) is 0 Å². The molecule has 1 aliphatic heterocycles. The van der Waals surface area contributed by atoms with E-state index in [4.69, 9.17) is 5.73 Å². The lowest BCUT2D eigenvalue weighted by Crippen LogP contribution is -2.40. The lowest BCUT2D eigenvalue weighted by atomic mass is 9.95. The SMILES string of the molecule is CCc1nc2cccc(Cc3ccc(N4CCC(C(=O)N(C)C)CC4)cc3)n2c1C(N)=O. The summed E-state index contributed by atoms with van der Waals surface area (Å²) in [4.78, 5) is 33.0. The van der Waals surface area contributed by atoms with Crippen molar-refractivity contribution in [3.05, 3.63) is 65.1 Å². The molecular weight excluding hydrogens is 402 g/mol. The maximum atomic E-state index is 12.2. The quantitative estimate of drug-likeness (QED) is 0.648. The van der Waals surface area contributed by atoms with E-state index in [9.17, 15) is 9.59 Å². The Kier molecular flexibility index (Phi) is 6.17. The van der Waals surface area contributed by atoms with Crippen LogP contribution in [0.5, 0.6) is 0 Å². The van der Waals surface area contributed by atoms with E-state index in [1.807, 2.05) is 43.6 Å². The molecule has 0 aliphatic carbocycles. The third-order valence-electron chi connectivity index (χ3n) is 6.34. The lowest BCUT2D eigenvalue weighted by molar-refractivity contribution is -0.133. The first-order valence-electron chi connectivity index (χ1n) is 11.2. The van der Waals surface area contributed by atoms with Gasteiger partial charge in [-0.2, -0.15) is 0 Å². The molecule has 0 atom stereocenters.